The summed E-state index contributed by atoms with van der Waals surface area (Å²) in [6.45, 7) is 0. The Kier molecular flexibility index (Phi) is 3.66. The van der Waals surface area contributed by atoms with Crippen LogP contribution in [0.2, 0.25) is 5.02 Å². The predicted octanol–water partition coefficient (Wildman–Crippen LogP) is 3.73. The van der Waals surface area contributed by atoms with Gasteiger partial charge in [0.2, 0.25) is 0 Å². The maximum Gasteiger partial charge on any atom is 0.150 e. The molecule has 1 unspecified atom stereocenters. The zero-order chi connectivity index (χ0) is 15.0. The average molecular weight is 364 g/mol. The summed E-state index contributed by atoms with van der Waals surface area (Å²) in [6, 6.07) is 11.7. The van der Waals surface area contributed by atoms with Crippen molar-refractivity contribution in [2.45, 2.75) is 12.5 Å². The number of nitrogens with one attached hydrogen (secondary N) is 1. The molecule has 1 aliphatic rings. The van der Waals surface area contributed by atoms with Crippen molar-refractivity contribution < 1.29 is 0 Å². The SMILES string of the molecule is N#CC1=C(N)c2cc[nH]c2C(Cc2ccc(Cl)cc2)N1Br. The predicted molar refractivity (Wildman–Crippen MR) is 86.2 cm³/mol. The van der Waals surface area contributed by atoms with Gasteiger partial charge in [0.15, 0.2) is 5.70 Å². The first-order valence-corrected chi connectivity index (χ1v) is 7.47. The number of halogens is 2. The summed E-state index contributed by atoms with van der Waals surface area (Å²) in [4.78, 5) is 3.22. The lowest BCUT2D eigenvalue weighted by Crippen LogP contribution is -2.28. The van der Waals surface area contributed by atoms with Gasteiger partial charge < -0.3 is 10.7 Å². The molecule has 0 spiro atoms. The van der Waals surface area contributed by atoms with Gasteiger partial charge in [-0.2, -0.15) is 5.26 Å². The number of hydrogen-bond acceptors (Lipinski definition) is 3. The quantitative estimate of drug-likeness (QED) is 0.799. The Hall–Kier alpha value is -1.90. The normalized spacial score (nSPS) is 17.6. The third kappa shape index (κ3) is 2.41. The summed E-state index contributed by atoms with van der Waals surface area (Å²) in [5.41, 5.74) is 10.00. The number of nitrogens with zero attached hydrogens (tertiary/aromatic N) is 2. The van der Waals surface area contributed by atoms with Crippen LogP contribution in [-0.4, -0.2) is 8.91 Å². The summed E-state index contributed by atoms with van der Waals surface area (Å²) in [7, 11) is 0. The first-order chi connectivity index (χ1) is 10.1. The van der Waals surface area contributed by atoms with Crippen LogP contribution in [0.25, 0.3) is 5.70 Å². The minimum absolute atomic E-state index is 0.0295. The van der Waals surface area contributed by atoms with E-state index in [0.29, 0.717) is 16.4 Å². The number of allylic oxidation sites excluding steroid dienone is 1. The highest BCUT2D eigenvalue weighted by Crippen LogP contribution is 2.40. The van der Waals surface area contributed by atoms with Crippen molar-refractivity contribution >= 4 is 33.4 Å². The third-order valence-electron chi connectivity index (χ3n) is 3.59. The number of fused-ring (bicyclic) bond motifs is 1. The minimum atomic E-state index is -0.0295. The van der Waals surface area contributed by atoms with Crippen molar-refractivity contribution in [2.24, 2.45) is 5.73 Å². The molecule has 4 nitrogen and oxygen atoms in total. The number of aromatic amines is 1. The molecule has 0 amide bonds. The van der Waals surface area contributed by atoms with Crippen LogP contribution in [0.4, 0.5) is 0 Å². The molecular formula is C15H12BrClN4. The zero-order valence-corrected chi connectivity index (χ0v) is 13.3. The van der Waals surface area contributed by atoms with E-state index in [1.165, 1.54) is 0 Å². The number of benzene rings is 1. The molecule has 0 bridgehead atoms. The van der Waals surface area contributed by atoms with E-state index in [0.717, 1.165) is 23.2 Å². The van der Waals surface area contributed by atoms with Crippen molar-refractivity contribution in [3.8, 4) is 6.07 Å². The third-order valence-corrected chi connectivity index (χ3v) is 4.69. The van der Waals surface area contributed by atoms with E-state index in [1.807, 2.05) is 36.5 Å². The van der Waals surface area contributed by atoms with Crippen LogP contribution >= 0.6 is 27.7 Å². The first kappa shape index (κ1) is 14.1. The van der Waals surface area contributed by atoms with Gasteiger partial charge in [-0.3, -0.25) is 3.93 Å². The topological polar surface area (TPSA) is 68.8 Å². The molecule has 3 N–H and O–H groups in total. The first-order valence-electron chi connectivity index (χ1n) is 6.38. The van der Waals surface area contributed by atoms with Gasteiger partial charge in [0.1, 0.15) is 6.07 Å². The van der Waals surface area contributed by atoms with Crippen LogP contribution in [0.3, 0.4) is 0 Å². The van der Waals surface area contributed by atoms with Crippen molar-refractivity contribution in [2.75, 3.05) is 0 Å². The molecule has 0 fully saturated rings. The molecule has 0 aliphatic carbocycles. The second-order valence-corrected chi connectivity index (χ2v) is 6.04. The van der Waals surface area contributed by atoms with Gasteiger partial charge in [0.25, 0.3) is 0 Å². The van der Waals surface area contributed by atoms with E-state index in [1.54, 1.807) is 3.93 Å². The van der Waals surface area contributed by atoms with E-state index in [-0.39, 0.29) is 6.04 Å². The molecule has 2 heterocycles. The van der Waals surface area contributed by atoms with E-state index >= 15 is 0 Å². The van der Waals surface area contributed by atoms with E-state index in [4.69, 9.17) is 17.3 Å². The Labute approximate surface area is 136 Å². The standard InChI is InChI=1S/C15H12BrClN4/c16-21-12(7-9-1-3-10(17)4-2-9)15-11(5-6-20-15)14(19)13(21)8-18/h1-6,12,20H,7,19H2. The highest BCUT2D eigenvalue weighted by molar-refractivity contribution is 9.07. The molecule has 106 valence electrons. The van der Waals surface area contributed by atoms with Gasteiger partial charge in [0.05, 0.1) is 27.9 Å². The second kappa shape index (κ2) is 5.47. The number of aromatic nitrogens is 1. The van der Waals surface area contributed by atoms with Crippen LogP contribution < -0.4 is 5.73 Å². The Morgan fingerprint density at radius 2 is 2.05 bits per heavy atom. The van der Waals surface area contributed by atoms with Crippen LogP contribution in [0.15, 0.2) is 42.2 Å². The second-order valence-electron chi connectivity index (χ2n) is 4.84. The smallest absolute Gasteiger partial charge is 0.150 e. The largest absolute Gasteiger partial charge is 0.396 e. The summed E-state index contributed by atoms with van der Waals surface area (Å²) in [5, 5.41) is 10.0. The molecule has 0 radical (unpaired) electrons. The molecule has 0 saturated heterocycles. The number of rotatable bonds is 2. The van der Waals surface area contributed by atoms with Crippen molar-refractivity contribution in [1.82, 2.24) is 8.91 Å². The fourth-order valence-electron chi connectivity index (χ4n) is 2.54. The maximum atomic E-state index is 9.33. The van der Waals surface area contributed by atoms with Crippen molar-refractivity contribution in [3.05, 3.63) is 64.1 Å². The van der Waals surface area contributed by atoms with Gasteiger partial charge in [0, 0.05) is 22.5 Å². The summed E-state index contributed by atoms with van der Waals surface area (Å²) >= 11 is 9.39. The fraction of sp³-hybridized carbons (Fsp3) is 0.133. The van der Waals surface area contributed by atoms with Gasteiger partial charge in [-0.1, -0.05) is 23.7 Å². The number of hydrogen-bond donors (Lipinski definition) is 2. The van der Waals surface area contributed by atoms with E-state index < -0.39 is 0 Å². The van der Waals surface area contributed by atoms with Gasteiger partial charge in [-0.05, 0) is 30.2 Å². The van der Waals surface area contributed by atoms with Crippen LogP contribution in [0.1, 0.15) is 22.9 Å². The Balaban J connectivity index is 2.00. The summed E-state index contributed by atoms with van der Waals surface area (Å²) in [6.07, 6.45) is 2.57. The number of nitrogens with two attached hydrogens (primary N) is 1. The molecule has 21 heavy (non-hydrogen) atoms. The number of H-pyrrole nitrogens is 1. The molecule has 3 rings (SSSR count). The number of nitriles is 1. The molecule has 1 aliphatic heterocycles. The highest BCUT2D eigenvalue weighted by atomic mass is 79.9. The average Bonchev–Trinajstić information content (AvgIpc) is 2.96. The van der Waals surface area contributed by atoms with Crippen LogP contribution in [0, 0.1) is 11.3 Å². The lowest BCUT2D eigenvalue weighted by atomic mass is 9.95. The maximum absolute atomic E-state index is 9.33. The summed E-state index contributed by atoms with van der Waals surface area (Å²) in [5.74, 6) is 0. The molecule has 1 atom stereocenters. The van der Waals surface area contributed by atoms with E-state index in [9.17, 15) is 5.26 Å². The molecule has 0 saturated carbocycles. The van der Waals surface area contributed by atoms with Crippen LogP contribution in [-0.2, 0) is 6.42 Å². The Morgan fingerprint density at radius 1 is 1.33 bits per heavy atom. The lowest BCUT2D eigenvalue weighted by Gasteiger charge is -2.32. The van der Waals surface area contributed by atoms with Gasteiger partial charge in [-0.15, -0.1) is 0 Å². The van der Waals surface area contributed by atoms with Crippen molar-refractivity contribution in [1.29, 1.82) is 5.26 Å². The molecular weight excluding hydrogens is 352 g/mol. The Morgan fingerprint density at radius 3 is 2.71 bits per heavy atom. The van der Waals surface area contributed by atoms with Crippen LogP contribution in [0.5, 0.6) is 0 Å². The molecule has 6 heteroatoms. The van der Waals surface area contributed by atoms with Gasteiger partial charge >= 0.3 is 0 Å². The minimum Gasteiger partial charge on any atom is -0.396 e. The van der Waals surface area contributed by atoms with Crippen molar-refractivity contribution in [3.63, 3.8) is 0 Å². The van der Waals surface area contributed by atoms with E-state index in [2.05, 4.69) is 27.2 Å². The fourth-order valence-corrected chi connectivity index (χ4v) is 3.28. The monoisotopic (exact) mass is 362 g/mol. The molecule has 2 aromatic rings. The zero-order valence-electron chi connectivity index (χ0n) is 11.0. The highest BCUT2D eigenvalue weighted by Gasteiger charge is 2.32. The molecule has 1 aromatic carbocycles. The Bertz CT molecular complexity index is 742. The lowest BCUT2D eigenvalue weighted by molar-refractivity contribution is 0.434. The van der Waals surface area contributed by atoms with Gasteiger partial charge in [-0.25, -0.2) is 0 Å². The summed E-state index contributed by atoms with van der Waals surface area (Å²) < 4.78 is 1.75. The molecule has 1 aromatic heterocycles.